The molecular weight excluding hydrogens is 200 g/mol. The van der Waals surface area contributed by atoms with E-state index in [1.807, 2.05) is 12.1 Å². The van der Waals surface area contributed by atoms with Gasteiger partial charge in [0.15, 0.2) is 0 Å². The van der Waals surface area contributed by atoms with Crippen LogP contribution < -0.4 is 11.1 Å². The van der Waals surface area contributed by atoms with E-state index in [-0.39, 0.29) is 5.91 Å². The van der Waals surface area contributed by atoms with Gasteiger partial charge in [-0.15, -0.1) is 0 Å². The molecule has 1 aliphatic rings. The Balaban J connectivity index is 2.02. The van der Waals surface area contributed by atoms with Gasteiger partial charge in [0.05, 0.1) is 0 Å². The minimum Gasteiger partial charge on any atom is -0.366 e. The topological polar surface area (TPSA) is 55.1 Å². The lowest BCUT2D eigenvalue weighted by atomic mass is 9.90. The lowest BCUT2D eigenvalue weighted by Crippen LogP contribution is -2.28. The molecule has 0 bridgehead atoms. The summed E-state index contributed by atoms with van der Waals surface area (Å²) in [5.41, 5.74) is 7.11. The van der Waals surface area contributed by atoms with E-state index >= 15 is 0 Å². The van der Waals surface area contributed by atoms with Crippen molar-refractivity contribution in [2.75, 3.05) is 13.1 Å². The van der Waals surface area contributed by atoms with Gasteiger partial charge in [0.25, 0.3) is 0 Å². The molecule has 3 heteroatoms. The summed E-state index contributed by atoms with van der Waals surface area (Å²) in [5, 5.41) is 3.36. The standard InChI is InChI=1S/C13H18N2O/c14-13(16)12-3-1-2-11(9-12)8-10-4-6-15-7-5-10/h1-3,9-10,15H,4-8H2,(H2,14,16). The smallest absolute Gasteiger partial charge is 0.248 e. The van der Waals surface area contributed by atoms with Gasteiger partial charge in [-0.2, -0.15) is 0 Å². The monoisotopic (exact) mass is 218 g/mol. The second-order valence-corrected chi connectivity index (χ2v) is 4.46. The van der Waals surface area contributed by atoms with Crippen molar-refractivity contribution >= 4 is 5.91 Å². The number of primary amides is 1. The summed E-state index contributed by atoms with van der Waals surface area (Å²) in [7, 11) is 0. The Morgan fingerprint density at radius 3 is 2.81 bits per heavy atom. The van der Waals surface area contributed by atoms with Crippen molar-refractivity contribution in [3.63, 3.8) is 0 Å². The number of amides is 1. The van der Waals surface area contributed by atoms with Gasteiger partial charge in [-0.05, 0) is 56.0 Å². The average Bonchev–Trinajstić information content (AvgIpc) is 2.30. The molecular formula is C13H18N2O. The van der Waals surface area contributed by atoms with Crippen LogP contribution >= 0.6 is 0 Å². The number of piperidine rings is 1. The molecule has 0 radical (unpaired) electrons. The number of nitrogens with one attached hydrogen (secondary N) is 1. The Morgan fingerprint density at radius 1 is 1.38 bits per heavy atom. The molecule has 2 rings (SSSR count). The molecule has 16 heavy (non-hydrogen) atoms. The third-order valence-corrected chi connectivity index (χ3v) is 3.19. The van der Waals surface area contributed by atoms with Gasteiger partial charge >= 0.3 is 0 Å². The van der Waals surface area contributed by atoms with Crippen LogP contribution in [0.1, 0.15) is 28.8 Å². The fraction of sp³-hybridized carbons (Fsp3) is 0.462. The second-order valence-electron chi connectivity index (χ2n) is 4.46. The zero-order valence-electron chi connectivity index (χ0n) is 9.41. The van der Waals surface area contributed by atoms with Crippen LogP contribution in [0.15, 0.2) is 24.3 Å². The molecule has 86 valence electrons. The van der Waals surface area contributed by atoms with Crippen molar-refractivity contribution in [1.29, 1.82) is 0 Å². The first-order valence-electron chi connectivity index (χ1n) is 5.85. The summed E-state index contributed by atoms with van der Waals surface area (Å²) < 4.78 is 0. The molecule has 0 spiro atoms. The Morgan fingerprint density at radius 2 is 2.12 bits per heavy atom. The Labute approximate surface area is 96.0 Å². The molecule has 1 fully saturated rings. The van der Waals surface area contributed by atoms with E-state index in [2.05, 4.69) is 11.4 Å². The van der Waals surface area contributed by atoms with Crippen LogP contribution in [-0.4, -0.2) is 19.0 Å². The van der Waals surface area contributed by atoms with E-state index in [9.17, 15) is 4.79 Å². The summed E-state index contributed by atoms with van der Waals surface area (Å²) in [6, 6.07) is 7.68. The van der Waals surface area contributed by atoms with E-state index < -0.39 is 0 Å². The molecule has 1 heterocycles. The van der Waals surface area contributed by atoms with Crippen molar-refractivity contribution in [3.05, 3.63) is 35.4 Å². The van der Waals surface area contributed by atoms with Crippen LogP contribution in [0.2, 0.25) is 0 Å². The lowest BCUT2D eigenvalue weighted by Gasteiger charge is -2.22. The number of hydrogen-bond acceptors (Lipinski definition) is 2. The van der Waals surface area contributed by atoms with Crippen LogP contribution in [0.4, 0.5) is 0 Å². The number of rotatable bonds is 3. The van der Waals surface area contributed by atoms with E-state index in [1.165, 1.54) is 18.4 Å². The van der Waals surface area contributed by atoms with Crippen molar-refractivity contribution < 1.29 is 4.79 Å². The summed E-state index contributed by atoms with van der Waals surface area (Å²) >= 11 is 0. The molecule has 0 aromatic heterocycles. The van der Waals surface area contributed by atoms with Gasteiger partial charge in [0.1, 0.15) is 0 Å². The zero-order chi connectivity index (χ0) is 11.4. The molecule has 1 aromatic carbocycles. The van der Waals surface area contributed by atoms with Gasteiger partial charge in [-0.3, -0.25) is 4.79 Å². The highest BCUT2D eigenvalue weighted by Crippen LogP contribution is 2.18. The first kappa shape index (κ1) is 11.1. The number of nitrogens with two attached hydrogens (primary N) is 1. The minimum absolute atomic E-state index is 0.341. The van der Waals surface area contributed by atoms with Crippen molar-refractivity contribution in [3.8, 4) is 0 Å². The molecule has 1 aromatic rings. The largest absolute Gasteiger partial charge is 0.366 e. The SMILES string of the molecule is NC(=O)c1cccc(CC2CCNCC2)c1. The molecule has 3 nitrogen and oxygen atoms in total. The Bertz CT molecular complexity index is 370. The highest BCUT2D eigenvalue weighted by atomic mass is 16.1. The normalized spacial score (nSPS) is 17.2. The average molecular weight is 218 g/mol. The lowest BCUT2D eigenvalue weighted by molar-refractivity contribution is 0.1000. The quantitative estimate of drug-likeness (QED) is 0.804. The van der Waals surface area contributed by atoms with Crippen LogP contribution in [0.25, 0.3) is 0 Å². The maximum Gasteiger partial charge on any atom is 0.248 e. The molecule has 0 unspecified atom stereocenters. The fourth-order valence-corrected chi connectivity index (χ4v) is 2.27. The molecule has 0 aliphatic carbocycles. The highest BCUT2D eigenvalue weighted by Gasteiger charge is 2.13. The predicted molar refractivity (Wildman–Crippen MR) is 64.3 cm³/mol. The minimum atomic E-state index is -0.341. The number of carbonyl (C=O) groups excluding carboxylic acids is 1. The van der Waals surface area contributed by atoms with Gasteiger partial charge in [0, 0.05) is 5.56 Å². The van der Waals surface area contributed by atoms with Crippen LogP contribution in [0, 0.1) is 5.92 Å². The van der Waals surface area contributed by atoms with E-state index in [0.29, 0.717) is 5.56 Å². The number of carbonyl (C=O) groups is 1. The summed E-state index contributed by atoms with van der Waals surface area (Å²) in [6.07, 6.45) is 3.50. The van der Waals surface area contributed by atoms with Gasteiger partial charge in [0.2, 0.25) is 5.91 Å². The first-order valence-corrected chi connectivity index (χ1v) is 5.85. The molecule has 0 atom stereocenters. The predicted octanol–water partition coefficient (Wildman–Crippen LogP) is 1.33. The zero-order valence-corrected chi connectivity index (χ0v) is 9.41. The summed E-state index contributed by atoms with van der Waals surface area (Å²) in [5.74, 6) is 0.400. The highest BCUT2D eigenvalue weighted by molar-refractivity contribution is 5.92. The maximum absolute atomic E-state index is 11.1. The van der Waals surface area contributed by atoms with Crippen molar-refractivity contribution in [1.82, 2.24) is 5.32 Å². The van der Waals surface area contributed by atoms with Crippen molar-refractivity contribution in [2.45, 2.75) is 19.3 Å². The molecule has 3 N–H and O–H groups in total. The fourth-order valence-electron chi connectivity index (χ4n) is 2.27. The van der Waals surface area contributed by atoms with Gasteiger partial charge in [-0.25, -0.2) is 0 Å². The Hall–Kier alpha value is -1.35. The van der Waals surface area contributed by atoms with Crippen LogP contribution in [0.5, 0.6) is 0 Å². The third kappa shape index (κ3) is 2.83. The van der Waals surface area contributed by atoms with E-state index in [0.717, 1.165) is 25.4 Å². The van der Waals surface area contributed by atoms with Crippen molar-refractivity contribution in [2.24, 2.45) is 11.7 Å². The maximum atomic E-state index is 11.1. The molecule has 0 saturated carbocycles. The molecule has 1 amide bonds. The Kier molecular flexibility index (Phi) is 3.57. The molecule has 1 saturated heterocycles. The second kappa shape index (κ2) is 5.12. The summed E-state index contributed by atoms with van der Waals surface area (Å²) in [4.78, 5) is 11.1. The van der Waals surface area contributed by atoms with E-state index in [1.54, 1.807) is 6.07 Å². The van der Waals surface area contributed by atoms with Gasteiger partial charge in [-0.1, -0.05) is 12.1 Å². The molecule has 1 aliphatic heterocycles. The van der Waals surface area contributed by atoms with Crippen LogP contribution in [-0.2, 0) is 6.42 Å². The third-order valence-electron chi connectivity index (χ3n) is 3.19. The van der Waals surface area contributed by atoms with E-state index in [4.69, 9.17) is 5.73 Å². The first-order chi connectivity index (χ1) is 7.75. The number of benzene rings is 1. The number of hydrogen-bond donors (Lipinski definition) is 2. The van der Waals surface area contributed by atoms with Crippen LogP contribution in [0.3, 0.4) is 0 Å². The van der Waals surface area contributed by atoms with Gasteiger partial charge < -0.3 is 11.1 Å². The summed E-state index contributed by atoms with van der Waals surface area (Å²) in [6.45, 7) is 2.22.